The number of aryl methyl sites for hydroxylation is 1. The van der Waals surface area contributed by atoms with E-state index < -0.39 is 36.2 Å². The predicted octanol–water partition coefficient (Wildman–Crippen LogP) is 3.97. The lowest BCUT2D eigenvalue weighted by molar-refractivity contribution is -0.136. The molecule has 0 aliphatic carbocycles. The first-order chi connectivity index (χ1) is 13.8. The molecule has 1 saturated heterocycles. The Morgan fingerprint density at radius 3 is 2.34 bits per heavy atom. The zero-order valence-electron chi connectivity index (χ0n) is 16.4. The summed E-state index contributed by atoms with van der Waals surface area (Å²) < 4.78 is 52.9. The van der Waals surface area contributed by atoms with Gasteiger partial charge in [-0.3, -0.25) is 14.4 Å². The van der Waals surface area contributed by atoms with Gasteiger partial charge in [-0.05, 0) is 25.5 Å². The van der Waals surface area contributed by atoms with Crippen LogP contribution in [0.25, 0.3) is 0 Å². The van der Waals surface area contributed by atoms with Crippen molar-refractivity contribution in [2.75, 3.05) is 26.2 Å². The van der Waals surface area contributed by atoms with E-state index in [9.17, 15) is 22.4 Å². The molecule has 2 heterocycles. The number of alkyl halides is 4. The van der Waals surface area contributed by atoms with Crippen LogP contribution in [0.15, 0.2) is 30.3 Å². The van der Waals surface area contributed by atoms with Crippen molar-refractivity contribution in [3.05, 3.63) is 52.8 Å². The van der Waals surface area contributed by atoms with Gasteiger partial charge in [-0.1, -0.05) is 29.8 Å². The van der Waals surface area contributed by atoms with Gasteiger partial charge in [0.25, 0.3) is 12.9 Å². The lowest BCUT2D eigenvalue weighted by atomic mass is 10.1. The van der Waals surface area contributed by atoms with E-state index in [4.69, 9.17) is 0 Å². The second-order valence-electron chi connectivity index (χ2n) is 7.31. The number of nitrogens with zero attached hydrogens (tertiary/aromatic N) is 4. The van der Waals surface area contributed by atoms with Crippen molar-refractivity contribution in [2.45, 2.75) is 39.3 Å². The molecule has 0 bridgehead atoms. The molecule has 1 aliphatic heterocycles. The fourth-order valence-electron chi connectivity index (χ4n) is 3.57. The number of amides is 1. The first-order valence-electron chi connectivity index (χ1n) is 9.48. The average molecular weight is 412 g/mol. The van der Waals surface area contributed by atoms with Gasteiger partial charge in [0.2, 0.25) is 5.91 Å². The summed E-state index contributed by atoms with van der Waals surface area (Å²) in [5.74, 6) is -0.397. The van der Waals surface area contributed by atoms with Crippen LogP contribution in [0.5, 0.6) is 0 Å². The molecule has 3 rings (SSSR count). The number of aromatic nitrogens is 2. The number of piperazine rings is 1. The highest BCUT2D eigenvalue weighted by Gasteiger charge is 2.30. The van der Waals surface area contributed by atoms with Crippen molar-refractivity contribution < 1.29 is 22.4 Å². The van der Waals surface area contributed by atoms with Crippen molar-refractivity contribution in [2.24, 2.45) is 0 Å². The van der Waals surface area contributed by atoms with Crippen LogP contribution in [0.1, 0.15) is 48.3 Å². The van der Waals surface area contributed by atoms with Crippen LogP contribution in [0.3, 0.4) is 0 Å². The molecule has 1 atom stereocenters. The third-order valence-electron chi connectivity index (χ3n) is 5.13. The van der Waals surface area contributed by atoms with Crippen LogP contribution in [0.4, 0.5) is 17.6 Å². The third-order valence-corrected chi connectivity index (χ3v) is 5.13. The molecule has 9 heteroatoms. The maximum absolute atomic E-state index is 13.2. The second-order valence-corrected chi connectivity index (χ2v) is 7.31. The van der Waals surface area contributed by atoms with E-state index >= 15 is 0 Å². The van der Waals surface area contributed by atoms with Crippen molar-refractivity contribution in [1.82, 2.24) is 19.6 Å². The fraction of sp³-hybridized carbons (Fsp3) is 0.500. The Kier molecular flexibility index (Phi) is 6.56. The monoisotopic (exact) mass is 412 g/mol. The molecule has 1 amide bonds. The molecule has 0 radical (unpaired) electrons. The molecule has 2 aromatic rings. The molecule has 29 heavy (non-hydrogen) atoms. The highest BCUT2D eigenvalue weighted by molar-refractivity contribution is 5.80. The minimum Gasteiger partial charge on any atom is -0.338 e. The Morgan fingerprint density at radius 1 is 1.07 bits per heavy atom. The lowest BCUT2D eigenvalue weighted by Crippen LogP contribution is -2.50. The van der Waals surface area contributed by atoms with Gasteiger partial charge in [0.05, 0.1) is 0 Å². The molecule has 5 nitrogen and oxygen atoms in total. The van der Waals surface area contributed by atoms with Crippen LogP contribution in [-0.2, 0) is 11.3 Å². The fourth-order valence-corrected chi connectivity index (χ4v) is 3.57. The molecule has 1 fully saturated rings. The number of halogens is 4. The van der Waals surface area contributed by atoms with Crippen molar-refractivity contribution in [3.63, 3.8) is 0 Å². The van der Waals surface area contributed by atoms with Crippen LogP contribution in [0.2, 0.25) is 0 Å². The Morgan fingerprint density at radius 2 is 1.76 bits per heavy atom. The Hall–Kier alpha value is -2.42. The maximum Gasteiger partial charge on any atom is 0.282 e. The molecule has 1 aromatic heterocycles. The van der Waals surface area contributed by atoms with E-state index in [1.165, 1.54) is 18.1 Å². The summed E-state index contributed by atoms with van der Waals surface area (Å²) in [6, 6.07) is 7.79. The van der Waals surface area contributed by atoms with Crippen LogP contribution in [-0.4, -0.2) is 51.7 Å². The third kappa shape index (κ3) is 4.95. The van der Waals surface area contributed by atoms with E-state index in [1.807, 2.05) is 19.1 Å². The number of rotatable bonds is 6. The molecule has 1 aromatic carbocycles. The molecule has 0 N–H and O–H groups in total. The average Bonchev–Trinajstić information content (AvgIpc) is 3.14. The second kappa shape index (κ2) is 8.94. The van der Waals surface area contributed by atoms with Gasteiger partial charge in [0, 0.05) is 32.7 Å². The SMILES string of the molecule is Cc1cccc(CN2CCN(C(=O)C(C)n3nc(C(F)F)cc3C(F)F)CC2)c1. The van der Waals surface area contributed by atoms with Crippen LogP contribution >= 0.6 is 0 Å². The minimum absolute atomic E-state index is 0.397. The van der Waals surface area contributed by atoms with Gasteiger partial charge in [-0.25, -0.2) is 17.6 Å². The number of benzene rings is 1. The number of carbonyl (C=O) groups excluding carboxylic acids is 1. The Labute approximate surface area is 166 Å². The molecular weight excluding hydrogens is 388 g/mol. The number of hydrogen-bond acceptors (Lipinski definition) is 3. The van der Waals surface area contributed by atoms with Gasteiger partial charge in [0.1, 0.15) is 17.4 Å². The molecule has 158 valence electrons. The smallest absolute Gasteiger partial charge is 0.282 e. The number of carbonyl (C=O) groups is 1. The summed E-state index contributed by atoms with van der Waals surface area (Å²) in [6.07, 6.45) is -5.96. The largest absolute Gasteiger partial charge is 0.338 e. The Balaban J connectivity index is 1.63. The van der Waals surface area contributed by atoms with E-state index in [0.717, 1.165) is 11.2 Å². The first-order valence-corrected chi connectivity index (χ1v) is 9.48. The topological polar surface area (TPSA) is 41.4 Å². The van der Waals surface area contributed by atoms with Crippen LogP contribution < -0.4 is 0 Å². The summed E-state index contributed by atoms with van der Waals surface area (Å²) in [7, 11) is 0. The first kappa shape index (κ1) is 21.3. The van der Waals surface area contributed by atoms with Gasteiger partial charge < -0.3 is 4.90 Å². The van der Waals surface area contributed by atoms with Crippen molar-refractivity contribution in [1.29, 1.82) is 0 Å². The summed E-state index contributed by atoms with van der Waals surface area (Å²) in [4.78, 5) is 16.6. The van der Waals surface area contributed by atoms with Gasteiger partial charge >= 0.3 is 0 Å². The van der Waals surface area contributed by atoms with Crippen molar-refractivity contribution >= 4 is 5.91 Å². The summed E-state index contributed by atoms with van der Waals surface area (Å²) in [5, 5.41) is 3.55. The highest BCUT2D eigenvalue weighted by Crippen LogP contribution is 2.28. The van der Waals surface area contributed by atoms with E-state index in [2.05, 4.69) is 22.1 Å². The predicted molar refractivity (Wildman–Crippen MR) is 99.9 cm³/mol. The van der Waals surface area contributed by atoms with Gasteiger partial charge in [0.15, 0.2) is 0 Å². The molecule has 1 aliphatic rings. The summed E-state index contributed by atoms with van der Waals surface area (Å²) >= 11 is 0. The Bertz CT molecular complexity index is 847. The van der Waals surface area contributed by atoms with E-state index in [1.54, 1.807) is 4.90 Å². The highest BCUT2D eigenvalue weighted by atomic mass is 19.3. The summed E-state index contributed by atoms with van der Waals surface area (Å²) in [5.41, 5.74) is 0.959. The minimum atomic E-state index is -2.99. The quantitative estimate of drug-likeness (QED) is 0.675. The van der Waals surface area contributed by atoms with Crippen molar-refractivity contribution in [3.8, 4) is 0 Å². The number of hydrogen-bond donors (Lipinski definition) is 0. The van der Waals surface area contributed by atoms with E-state index in [-0.39, 0.29) is 0 Å². The van der Waals surface area contributed by atoms with Gasteiger partial charge in [-0.2, -0.15) is 5.10 Å². The zero-order valence-corrected chi connectivity index (χ0v) is 16.4. The van der Waals surface area contributed by atoms with Gasteiger partial charge in [-0.15, -0.1) is 0 Å². The lowest BCUT2D eigenvalue weighted by Gasteiger charge is -2.36. The molecule has 0 spiro atoms. The maximum atomic E-state index is 13.2. The normalized spacial score (nSPS) is 16.6. The molecular formula is C20H24F4N4O. The molecule has 0 saturated carbocycles. The van der Waals surface area contributed by atoms with E-state index in [0.29, 0.717) is 32.2 Å². The standard InChI is InChI=1S/C20H24F4N4O/c1-13-4-3-5-15(10-13)12-26-6-8-27(9-7-26)20(29)14(2)28-17(19(23)24)11-16(25-28)18(21)22/h3-5,10-11,14,18-19H,6-9,12H2,1-2H3. The molecule has 1 unspecified atom stereocenters. The summed E-state index contributed by atoms with van der Waals surface area (Å²) in [6.45, 7) is 6.40. The zero-order chi connectivity index (χ0) is 21.1. The van der Waals surface area contributed by atoms with Crippen LogP contribution in [0, 0.1) is 6.92 Å².